The standard InChI is InChI=1S/C47H62O10P2.2C3H8/c1-15-30-20-32(48-11)22-36-38-24-34(50-13)26-40(46(7,8)17-3)44(38)56-58(54-42(30)36)52-28(5)19-29(6)53-59-55-43-31(16-2)21-33(49-12)23-37(43)39-25-35(51-14)27-41(45(39)57-59)47(9,10)18-4;2*1-3-2/h20-29H,15-19H2,1-14H3;2*3H2,1-2H3/t28-,29-,58?,59?;;/m1../s1. The Kier molecular flexibility index (Phi) is 19.7. The third-order valence-electron chi connectivity index (χ3n) is 11.8. The summed E-state index contributed by atoms with van der Waals surface area (Å²) in [5.74, 6) is 2.97. The first-order valence-corrected chi connectivity index (χ1v) is 25.7. The van der Waals surface area contributed by atoms with Crippen LogP contribution < -0.4 is 28.0 Å². The summed E-state index contributed by atoms with van der Waals surface area (Å²) in [5.41, 5.74) is 6.44. The van der Waals surface area contributed by atoms with E-state index in [2.05, 4.69) is 95.2 Å². The Morgan fingerprint density at radius 1 is 0.446 bits per heavy atom. The number of hydrogen-bond acceptors (Lipinski definition) is 10. The molecule has 4 aromatic carbocycles. The van der Waals surface area contributed by atoms with Gasteiger partial charge in [-0.15, -0.1) is 0 Å². The van der Waals surface area contributed by atoms with Crippen LogP contribution in [0.25, 0.3) is 43.9 Å². The molecule has 4 atom stereocenters. The van der Waals surface area contributed by atoms with Crippen LogP contribution in [0.15, 0.2) is 65.3 Å². The maximum atomic E-state index is 6.86. The average molecular weight is 937 g/mol. The predicted octanol–water partition coefficient (Wildman–Crippen LogP) is 17.0. The first-order chi connectivity index (χ1) is 31.0. The summed E-state index contributed by atoms with van der Waals surface area (Å²) < 4.78 is 63.9. The van der Waals surface area contributed by atoms with E-state index in [0.717, 1.165) is 115 Å². The first kappa shape index (κ1) is 53.4. The molecular weight excluding hydrogens is 859 g/mol. The molecule has 360 valence electrons. The molecule has 6 rings (SSSR count). The molecule has 2 heterocycles. The van der Waals surface area contributed by atoms with Crippen molar-refractivity contribution in [3.63, 3.8) is 0 Å². The minimum absolute atomic E-state index is 0.233. The Labute approximate surface area is 390 Å². The number of methoxy groups -OCH3 is 4. The van der Waals surface area contributed by atoms with Crippen LogP contribution in [0.4, 0.5) is 0 Å². The largest absolute Gasteiger partial charge is 0.497 e. The molecule has 0 aliphatic carbocycles. The highest BCUT2D eigenvalue weighted by Gasteiger charge is 2.28. The van der Waals surface area contributed by atoms with Crippen molar-refractivity contribution in [2.75, 3.05) is 28.4 Å². The second kappa shape index (κ2) is 24.0. The fourth-order valence-corrected chi connectivity index (χ4v) is 9.82. The number of rotatable bonds is 16. The zero-order valence-electron chi connectivity index (χ0n) is 42.7. The predicted molar refractivity (Wildman–Crippen MR) is 273 cm³/mol. The van der Waals surface area contributed by atoms with Crippen molar-refractivity contribution in [1.29, 1.82) is 0 Å². The molecule has 0 N–H and O–H groups in total. The Hall–Kier alpha value is -4.20. The third kappa shape index (κ3) is 12.6. The summed E-state index contributed by atoms with van der Waals surface area (Å²) in [4.78, 5) is 0. The van der Waals surface area contributed by atoms with Gasteiger partial charge in [0.2, 0.25) is 0 Å². The normalized spacial score (nSPS) is 13.1. The summed E-state index contributed by atoms with van der Waals surface area (Å²) in [6.45, 7) is 29.9. The number of ether oxygens (including phenoxy) is 4. The minimum atomic E-state index is -1.91. The molecule has 6 aromatic rings. The number of hydrogen-bond donors (Lipinski definition) is 0. The molecule has 0 radical (unpaired) electrons. The van der Waals surface area contributed by atoms with Gasteiger partial charge in [-0.1, -0.05) is 95.9 Å². The molecule has 12 heteroatoms. The maximum Gasteiger partial charge on any atom is 0.387 e. The summed E-state index contributed by atoms with van der Waals surface area (Å²) in [6, 6.07) is 16.2. The van der Waals surface area contributed by atoms with Crippen LogP contribution in [0.3, 0.4) is 0 Å². The molecule has 10 nitrogen and oxygen atoms in total. The van der Waals surface area contributed by atoms with Crippen molar-refractivity contribution < 1.29 is 44.8 Å². The van der Waals surface area contributed by atoms with E-state index < -0.39 is 16.5 Å². The zero-order valence-corrected chi connectivity index (χ0v) is 44.5. The average Bonchev–Trinajstić information content (AvgIpc) is 3.54. The molecule has 0 spiro atoms. The SMILES string of the molecule is CCC.CCC.CCc1cc(OC)cc2c1op(O[C@H](C)C[C@@H](C)Op1oc3c(CC)cc(OC)cc3c3cc(OC)cc(C(C)(C)CC)c3o1)oc1c(C(C)(C)CC)cc(OC)cc12. The van der Waals surface area contributed by atoms with Crippen LogP contribution in [0.5, 0.6) is 23.0 Å². The topological polar surface area (TPSA) is 108 Å². The van der Waals surface area contributed by atoms with Gasteiger partial charge in [-0.2, -0.15) is 0 Å². The van der Waals surface area contributed by atoms with Gasteiger partial charge in [-0.3, -0.25) is 9.05 Å². The van der Waals surface area contributed by atoms with Gasteiger partial charge in [0.05, 0.1) is 40.6 Å². The van der Waals surface area contributed by atoms with Gasteiger partial charge in [-0.05, 0) is 110 Å². The molecule has 0 saturated heterocycles. The Bertz CT molecular complexity index is 2400. The van der Waals surface area contributed by atoms with Crippen molar-refractivity contribution in [3.8, 4) is 23.0 Å². The summed E-state index contributed by atoms with van der Waals surface area (Å²) in [6.07, 6.45) is 5.56. The van der Waals surface area contributed by atoms with E-state index in [1.54, 1.807) is 28.4 Å². The molecule has 2 aromatic heterocycles. The fourth-order valence-electron chi connectivity index (χ4n) is 7.39. The van der Waals surface area contributed by atoms with Gasteiger partial charge in [-0.25, -0.2) is 0 Å². The van der Waals surface area contributed by atoms with Crippen molar-refractivity contribution in [3.05, 3.63) is 70.8 Å². The lowest BCUT2D eigenvalue weighted by atomic mass is 9.81. The summed E-state index contributed by atoms with van der Waals surface area (Å²) >= 11 is 0. The highest BCUT2D eigenvalue weighted by molar-refractivity contribution is 7.32. The highest BCUT2D eigenvalue weighted by atomic mass is 31.1. The van der Waals surface area contributed by atoms with E-state index in [1.807, 2.05) is 50.2 Å². The minimum Gasteiger partial charge on any atom is -0.497 e. The Morgan fingerprint density at radius 3 is 1.00 bits per heavy atom. The van der Waals surface area contributed by atoms with Crippen molar-refractivity contribution in [1.82, 2.24) is 0 Å². The van der Waals surface area contributed by atoms with E-state index in [4.69, 9.17) is 44.8 Å². The van der Waals surface area contributed by atoms with Crippen molar-refractivity contribution >= 4 is 60.4 Å². The molecule has 65 heavy (non-hydrogen) atoms. The van der Waals surface area contributed by atoms with Crippen LogP contribution in [-0.4, -0.2) is 40.6 Å². The fraction of sp³-hybridized carbons (Fsp3) is 0.547. The second-order valence-corrected chi connectivity index (χ2v) is 20.0. The van der Waals surface area contributed by atoms with Gasteiger partial charge >= 0.3 is 16.5 Å². The van der Waals surface area contributed by atoms with Gasteiger partial charge in [0.15, 0.2) is 0 Å². The van der Waals surface area contributed by atoms with Crippen LogP contribution >= 0.6 is 16.5 Å². The van der Waals surface area contributed by atoms with Gasteiger partial charge in [0.25, 0.3) is 0 Å². The molecular formula is C53H78O10P2. The highest BCUT2D eigenvalue weighted by Crippen LogP contribution is 2.46. The lowest BCUT2D eigenvalue weighted by molar-refractivity contribution is 0.184. The van der Waals surface area contributed by atoms with Crippen molar-refractivity contribution in [2.45, 2.75) is 165 Å². The number of fused-ring (bicyclic) bond motifs is 6. The maximum absolute atomic E-state index is 6.86. The van der Waals surface area contributed by atoms with Crippen LogP contribution in [0.2, 0.25) is 0 Å². The summed E-state index contributed by atoms with van der Waals surface area (Å²) in [7, 11) is 2.93. The quantitative estimate of drug-likeness (QED) is 0.0931. The molecule has 0 aliphatic rings. The van der Waals surface area contributed by atoms with E-state index in [9.17, 15) is 0 Å². The van der Waals surface area contributed by atoms with Gasteiger partial charge < -0.3 is 35.7 Å². The van der Waals surface area contributed by atoms with E-state index in [-0.39, 0.29) is 23.0 Å². The Balaban J connectivity index is 0.00000146. The molecule has 2 unspecified atom stereocenters. The Morgan fingerprint density at radius 2 is 0.723 bits per heavy atom. The smallest absolute Gasteiger partial charge is 0.387 e. The van der Waals surface area contributed by atoms with E-state index >= 15 is 0 Å². The van der Waals surface area contributed by atoms with Crippen LogP contribution in [0.1, 0.15) is 151 Å². The van der Waals surface area contributed by atoms with Crippen molar-refractivity contribution in [2.24, 2.45) is 0 Å². The van der Waals surface area contributed by atoms with Crippen LogP contribution in [-0.2, 0) is 23.7 Å². The lowest BCUT2D eigenvalue weighted by Crippen LogP contribution is -2.21. The lowest BCUT2D eigenvalue weighted by Gasteiger charge is -2.24. The second-order valence-electron chi connectivity index (χ2n) is 17.9. The molecule has 0 amide bonds. The third-order valence-corrected chi connectivity index (χ3v) is 14.2. The van der Waals surface area contributed by atoms with E-state index in [1.165, 1.54) is 12.8 Å². The molecule has 0 aliphatic heterocycles. The molecule has 0 fully saturated rings. The number of aryl methyl sites for hydroxylation is 2. The zero-order chi connectivity index (χ0) is 48.2. The van der Waals surface area contributed by atoms with Gasteiger partial charge in [0, 0.05) is 39.1 Å². The van der Waals surface area contributed by atoms with Gasteiger partial charge in [0.1, 0.15) is 45.3 Å². The number of benzene rings is 4. The summed E-state index contributed by atoms with van der Waals surface area (Å²) in [5, 5.41) is 3.50. The molecule has 0 saturated carbocycles. The first-order valence-electron chi connectivity index (χ1n) is 23.5. The van der Waals surface area contributed by atoms with E-state index in [0.29, 0.717) is 6.42 Å². The molecule has 0 bridgehead atoms. The van der Waals surface area contributed by atoms with Crippen LogP contribution in [0, 0.1) is 0 Å². The monoisotopic (exact) mass is 937 g/mol.